The maximum Gasteiger partial charge on any atom is 0.159 e. The SMILES string of the molecule is C=CC(=O)Cc1cc(N2CCOCC2)ccc1Nc1cc2c(cn1)cc(-c1c(Cl)c(OC)cc(OC)c1Cl)c1nccn12. The summed E-state index contributed by atoms with van der Waals surface area (Å²) in [6.45, 7) is 6.61. The quantitative estimate of drug-likeness (QED) is 0.182. The van der Waals surface area contributed by atoms with Gasteiger partial charge in [-0.05, 0) is 35.9 Å². The monoisotopic (exact) mass is 617 g/mol. The lowest BCUT2D eigenvalue weighted by molar-refractivity contribution is -0.114. The molecule has 2 aromatic carbocycles. The molecular formula is C32H29Cl2N5O4. The smallest absolute Gasteiger partial charge is 0.159 e. The zero-order chi connectivity index (χ0) is 30.1. The van der Waals surface area contributed by atoms with Gasteiger partial charge in [0.1, 0.15) is 23.0 Å². The molecule has 1 N–H and O–H groups in total. The minimum Gasteiger partial charge on any atom is -0.495 e. The fourth-order valence-corrected chi connectivity index (χ4v) is 6.04. The summed E-state index contributed by atoms with van der Waals surface area (Å²) in [6.07, 6.45) is 6.93. The zero-order valence-corrected chi connectivity index (χ0v) is 25.2. The topological polar surface area (TPSA) is 90.2 Å². The van der Waals surface area contributed by atoms with Gasteiger partial charge in [-0.25, -0.2) is 9.97 Å². The number of ketones is 1. The number of nitrogens with one attached hydrogen (secondary N) is 1. The summed E-state index contributed by atoms with van der Waals surface area (Å²) >= 11 is 13.5. The normalized spacial score (nSPS) is 13.3. The minimum absolute atomic E-state index is 0.0622. The number of benzene rings is 2. The summed E-state index contributed by atoms with van der Waals surface area (Å²) in [5, 5.41) is 4.97. The number of carbonyl (C=O) groups excluding carboxylic acids is 1. The molecule has 1 aliphatic heterocycles. The number of morpholine rings is 1. The van der Waals surface area contributed by atoms with Crippen molar-refractivity contribution in [3.8, 4) is 22.6 Å². The van der Waals surface area contributed by atoms with Crippen molar-refractivity contribution in [2.45, 2.75) is 6.42 Å². The number of imidazole rings is 1. The van der Waals surface area contributed by atoms with Crippen molar-refractivity contribution in [3.05, 3.63) is 83.3 Å². The van der Waals surface area contributed by atoms with Crippen molar-refractivity contribution in [2.75, 3.05) is 50.7 Å². The Kier molecular flexibility index (Phi) is 8.12. The van der Waals surface area contributed by atoms with Gasteiger partial charge < -0.3 is 24.4 Å². The molecule has 1 saturated heterocycles. The Morgan fingerprint density at radius 3 is 2.51 bits per heavy atom. The fraction of sp³-hybridized carbons (Fsp3) is 0.219. The van der Waals surface area contributed by atoms with Crippen LogP contribution in [0, 0.1) is 0 Å². The Balaban J connectivity index is 1.42. The summed E-state index contributed by atoms with van der Waals surface area (Å²) in [6, 6.07) is 11.6. The molecule has 6 rings (SSSR count). The van der Waals surface area contributed by atoms with Crippen LogP contribution in [0.15, 0.2) is 67.6 Å². The number of hydrogen-bond donors (Lipinski definition) is 1. The molecule has 0 aliphatic carbocycles. The van der Waals surface area contributed by atoms with E-state index in [2.05, 4.69) is 21.8 Å². The highest BCUT2D eigenvalue weighted by Gasteiger charge is 2.22. The van der Waals surface area contributed by atoms with Crippen LogP contribution in [0.5, 0.6) is 11.5 Å². The molecule has 0 atom stereocenters. The van der Waals surface area contributed by atoms with Crippen LogP contribution in [0.1, 0.15) is 5.56 Å². The van der Waals surface area contributed by atoms with E-state index >= 15 is 0 Å². The number of rotatable bonds is 9. The third-order valence-corrected chi connectivity index (χ3v) is 8.27. The van der Waals surface area contributed by atoms with Crippen LogP contribution in [0.2, 0.25) is 10.0 Å². The molecule has 11 heteroatoms. The van der Waals surface area contributed by atoms with Crippen LogP contribution in [0.4, 0.5) is 17.2 Å². The molecule has 0 amide bonds. The highest BCUT2D eigenvalue weighted by molar-refractivity contribution is 6.41. The number of ether oxygens (including phenoxy) is 3. The molecule has 0 spiro atoms. The van der Waals surface area contributed by atoms with E-state index in [4.69, 9.17) is 42.4 Å². The van der Waals surface area contributed by atoms with E-state index in [1.807, 2.05) is 40.9 Å². The maximum atomic E-state index is 12.4. The number of methoxy groups -OCH3 is 2. The Labute approximate surface area is 258 Å². The predicted molar refractivity (Wildman–Crippen MR) is 171 cm³/mol. The molecule has 1 fully saturated rings. The van der Waals surface area contributed by atoms with Gasteiger partial charge in [-0.3, -0.25) is 9.20 Å². The molecule has 0 saturated carbocycles. The first-order chi connectivity index (χ1) is 20.9. The largest absolute Gasteiger partial charge is 0.495 e. The molecule has 1 aliphatic rings. The molecule has 0 bridgehead atoms. The van der Waals surface area contributed by atoms with Gasteiger partial charge in [-0.15, -0.1) is 0 Å². The zero-order valence-electron chi connectivity index (χ0n) is 23.7. The van der Waals surface area contributed by atoms with Crippen LogP contribution in [0.25, 0.3) is 27.7 Å². The third-order valence-electron chi connectivity index (χ3n) is 7.52. The average Bonchev–Trinajstić information content (AvgIpc) is 3.53. The average molecular weight is 619 g/mol. The van der Waals surface area contributed by atoms with Gasteiger partial charge in [0.15, 0.2) is 5.78 Å². The summed E-state index contributed by atoms with van der Waals surface area (Å²) in [5.41, 5.74) is 5.47. The number of fused-ring (bicyclic) bond motifs is 3. The van der Waals surface area contributed by atoms with E-state index in [0.717, 1.165) is 40.9 Å². The molecular weight excluding hydrogens is 589 g/mol. The number of allylic oxidation sites excluding steroid dienone is 1. The lowest BCUT2D eigenvalue weighted by Gasteiger charge is -2.29. The summed E-state index contributed by atoms with van der Waals surface area (Å²) < 4.78 is 18.4. The van der Waals surface area contributed by atoms with E-state index in [0.29, 0.717) is 57.3 Å². The molecule has 43 heavy (non-hydrogen) atoms. The number of pyridine rings is 2. The number of aromatic nitrogens is 3. The first-order valence-corrected chi connectivity index (χ1v) is 14.4. The lowest BCUT2D eigenvalue weighted by Crippen LogP contribution is -2.36. The van der Waals surface area contributed by atoms with Gasteiger partial charge in [0.2, 0.25) is 0 Å². The van der Waals surface area contributed by atoms with Gasteiger partial charge in [0, 0.05) is 78.1 Å². The van der Waals surface area contributed by atoms with Crippen molar-refractivity contribution in [2.24, 2.45) is 0 Å². The second-order valence-electron chi connectivity index (χ2n) is 10.0. The Morgan fingerprint density at radius 2 is 1.81 bits per heavy atom. The van der Waals surface area contributed by atoms with E-state index in [1.54, 1.807) is 18.5 Å². The number of hydrogen-bond acceptors (Lipinski definition) is 8. The van der Waals surface area contributed by atoms with E-state index in [9.17, 15) is 4.79 Å². The van der Waals surface area contributed by atoms with Crippen LogP contribution in [-0.2, 0) is 16.0 Å². The van der Waals surface area contributed by atoms with E-state index in [-0.39, 0.29) is 12.2 Å². The molecule has 4 heterocycles. The molecule has 0 unspecified atom stereocenters. The van der Waals surface area contributed by atoms with Gasteiger partial charge in [0.05, 0.1) is 43.0 Å². The Morgan fingerprint density at radius 1 is 1.07 bits per heavy atom. The van der Waals surface area contributed by atoms with Gasteiger partial charge >= 0.3 is 0 Å². The second kappa shape index (κ2) is 12.1. The van der Waals surface area contributed by atoms with Crippen molar-refractivity contribution >= 4 is 62.7 Å². The lowest BCUT2D eigenvalue weighted by atomic mass is 10.0. The molecule has 220 valence electrons. The highest BCUT2D eigenvalue weighted by Crippen LogP contribution is 2.47. The van der Waals surface area contributed by atoms with Gasteiger partial charge in [0.25, 0.3) is 0 Å². The minimum atomic E-state index is -0.0622. The molecule has 3 aromatic heterocycles. The van der Waals surface area contributed by atoms with E-state index < -0.39 is 0 Å². The third kappa shape index (κ3) is 5.47. The summed E-state index contributed by atoms with van der Waals surface area (Å²) in [5.74, 6) is 1.42. The van der Waals surface area contributed by atoms with Crippen LogP contribution in [-0.4, -0.2) is 60.7 Å². The Bertz CT molecular complexity index is 1840. The van der Waals surface area contributed by atoms with E-state index in [1.165, 1.54) is 20.3 Å². The Hall–Kier alpha value is -4.31. The maximum absolute atomic E-state index is 12.4. The number of carbonyl (C=O) groups is 1. The number of nitrogens with zero attached hydrogens (tertiary/aromatic N) is 4. The van der Waals surface area contributed by atoms with Crippen molar-refractivity contribution in [1.82, 2.24) is 14.4 Å². The van der Waals surface area contributed by atoms with Crippen molar-refractivity contribution < 1.29 is 19.0 Å². The standard InChI is InChI=1S/C32H29Cl2N5O4/c1-4-22(40)14-19-13-21(38-9-11-43-12-10-38)5-6-24(19)37-28-16-25-20(18-36-28)15-23(32-35-7-8-39(25)32)29-30(33)26(41-2)17-27(42-3)31(29)34/h4-8,13,15-18H,1,9-12,14H2,2-3H3,(H,36,37). The van der Waals surface area contributed by atoms with Crippen LogP contribution in [0.3, 0.4) is 0 Å². The van der Waals surface area contributed by atoms with Crippen LogP contribution < -0.4 is 19.7 Å². The number of anilines is 3. The highest BCUT2D eigenvalue weighted by atomic mass is 35.5. The first kappa shape index (κ1) is 28.8. The fourth-order valence-electron chi connectivity index (χ4n) is 5.33. The summed E-state index contributed by atoms with van der Waals surface area (Å²) in [7, 11) is 3.08. The number of halogens is 2. The molecule has 0 radical (unpaired) electrons. The molecule has 5 aromatic rings. The second-order valence-corrected chi connectivity index (χ2v) is 10.8. The van der Waals surface area contributed by atoms with Crippen molar-refractivity contribution in [1.29, 1.82) is 0 Å². The first-order valence-electron chi connectivity index (χ1n) is 13.7. The van der Waals surface area contributed by atoms with Crippen molar-refractivity contribution in [3.63, 3.8) is 0 Å². The molecule has 9 nitrogen and oxygen atoms in total. The van der Waals surface area contributed by atoms with Gasteiger partial charge in [-0.2, -0.15) is 0 Å². The predicted octanol–water partition coefficient (Wildman–Crippen LogP) is 6.75. The van der Waals surface area contributed by atoms with Crippen LogP contribution >= 0.6 is 23.2 Å². The van der Waals surface area contributed by atoms with Gasteiger partial charge in [-0.1, -0.05) is 29.8 Å². The summed E-state index contributed by atoms with van der Waals surface area (Å²) in [4.78, 5) is 24.0.